The number of carbonyl (C=O) groups is 1. The van der Waals surface area contributed by atoms with Crippen molar-refractivity contribution in [3.05, 3.63) is 48.0 Å². The van der Waals surface area contributed by atoms with Gasteiger partial charge in [-0.15, -0.1) is 0 Å². The van der Waals surface area contributed by atoms with Gasteiger partial charge in [0, 0.05) is 6.54 Å². The van der Waals surface area contributed by atoms with Gasteiger partial charge in [0.05, 0.1) is 0 Å². The minimum Gasteiger partial charge on any atom is -0.352 e. The molecule has 0 aliphatic carbocycles. The second-order valence-corrected chi connectivity index (χ2v) is 4.10. The Morgan fingerprint density at radius 3 is 2.75 bits per heavy atom. The maximum Gasteiger partial charge on any atom is 0.243 e. The van der Waals surface area contributed by atoms with Crippen molar-refractivity contribution in [2.45, 2.75) is 26.2 Å². The molecule has 0 saturated heterocycles. The molecule has 0 aromatic heterocycles. The molecule has 86 valence electrons. The number of carbonyl (C=O) groups excluding carboxylic acids is 1. The Kier molecular flexibility index (Phi) is 4.77. The lowest BCUT2D eigenvalue weighted by Crippen LogP contribution is -2.23. The molecule has 0 unspecified atom stereocenters. The molecule has 2 heteroatoms. The van der Waals surface area contributed by atoms with Crippen LogP contribution in [0.25, 0.3) is 0 Å². The fourth-order valence-corrected chi connectivity index (χ4v) is 1.72. The Balaban J connectivity index is 2.59. The summed E-state index contributed by atoms with van der Waals surface area (Å²) in [4.78, 5) is 11.0. The zero-order valence-electron chi connectivity index (χ0n) is 9.99. The number of nitrogens with one attached hydrogen (secondary N) is 1. The zero-order valence-corrected chi connectivity index (χ0v) is 9.99. The molecule has 1 amide bonds. The average Bonchev–Trinajstić information content (AvgIpc) is 2.29. The third kappa shape index (κ3) is 3.54. The second-order valence-electron chi connectivity index (χ2n) is 4.10. The molecule has 0 aliphatic rings. The first-order valence-corrected chi connectivity index (χ1v) is 5.63. The SMILES string of the molecule is C=CC(=O)NCCc1ccccc1C(C)C. The lowest BCUT2D eigenvalue weighted by molar-refractivity contribution is -0.116. The van der Waals surface area contributed by atoms with Crippen molar-refractivity contribution in [2.24, 2.45) is 0 Å². The van der Waals surface area contributed by atoms with Gasteiger partial charge in [-0.2, -0.15) is 0 Å². The van der Waals surface area contributed by atoms with E-state index in [1.54, 1.807) is 0 Å². The van der Waals surface area contributed by atoms with Crippen LogP contribution in [0.4, 0.5) is 0 Å². The molecule has 0 spiro atoms. The van der Waals surface area contributed by atoms with Gasteiger partial charge >= 0.3 is 0 Å². The Morgan fingerprint density at radius 1 is 1.44 bits per heavy atom. The smallest absolute Gasteiger partial charge is 0.243 e. The summed E-state index contributed by atoms with van der Waals surface area (Å²) in [5.41, 5.74) is 2.66. The molecular formula is C14H19NO. The van der Waals surface area contributed by atoms with Crippen LogP contribution in [0.15, 0.2) is 36.9 Å². The molecule has 0 fully saturated rings. The molecular weight excluding hydrogens is 198 g/mol. The average molecular weight is 217 g/mol. The van der Waals surface area contributed by atoms with E-state index < -0.39 is 0 Å². The number of hydrogen-bond acceptors (Lipinski definition) is 1. The van der Waals surface area contributed by atoms with E-state index in [1.807, 2.05) is 6.07 Å². The van der Waals surface area contributed by atoms with Crippen molar-refractivity contribution in [3.63, 3.8) is 0 Å². The zero-order chi connectivity index (χ0) is 12.0. The molecule has 16 heavy (non-hydrogen) atoms. The van der Waals surface area contributed by atoms with E-state index in [1.165, 1.54) is 17.2 Å². The summed E-state index contributed by atoms with van der Waals surface area (Å²) < 4.78 is 0. The van der Waals surface area contributed by atoms with E-state index in [9.17, 15) is 4.79 Å². The minimum absolute atomic E-state index is 0.109. The number of hydrogen-bond donors (Lipinski definition) is 1. The second kappa shape index (κ2) is 6.11. The summed E-state index contributed by atoms with van der Waals surface area (Å²) in [5, 5.41) is 2.79. The lowest BCUT2D eigenvalue weighted by atomic mass is 9.95. The molecule has 0 aliphatic heterocycles. The first-order valence-electron chi connectivity index (χ1n) is 5.63. The van der Waals surface area contributed by atoms with Crippen LogP contribution in [0.2, 0.25) is 0 Å². The Hall–Kier alpha value is -1.57. The standard InChI is InChI=1S/C14H19NO/c1-4-14(16)15-10-9-12-7-5-6-8-13(12)11(2)3/h4-8,11H,1,9-10H2,2-3H3,(H,15,16). The van der Waals surface area contributed by atoms with Crippen LogP contribution < -0.4 is 5.32 Å². The van der Waals surface area contributed by atoms with Gasteiger partial charge in [0.25, 0.3) is 0 Å². The third-order valence-electron chi connectivity index (χ3n) is 2.56. The van der Waals surface area contributed by atoms with Crippen molar-refractivity contribution in [1.29, 1.82) is 0 Å². The summed E-state index contributed by atoms with van der Waals surface area (Å²) in [6.45, 7) is 8.44. The third-order valence-corrected chi connectivity index (χ3v) is 2.56. The van der Waals surface area contributed by atoms with Gasteiger partial charge in [-0.3, -0.25) is 4.79 Å². The number of amides is 1. The van der Waals surface area contributed by atoms with Crippen LogP contribution in [0.3, 0.4) is 0 Å². The quantitative estimate of drug-likeness (QED) is 0.755. The van der Waals surface area contributed by atoms with Crippen molar-refractivity contribution >= 4 is 5.91 Å². The number of rotatable bonds is 5. The van der Waals surface area contributed by atoms with Crippen LogP contribution in [0.5, 0.6) is 0 Å². The molecule has 1 aromatic carbocycles. The highest BCUT2D eigenvalue weighted by Gasteiger charge is 2.05. The first-order chi connectivity index (χ1) is 7.65. The highest BCUT2D eigenvalue weighted by Crippen LogP contribution is 2.19. The highest BCUT2D eigenvalue weighted by atomic mass is 16.1. The van der Waals surface area contributed by atoms with Crippen molar-refractivity contribution < 1.29 is 4.79 Å². The van der Waals surface area contributed by atoms with Crippen LogP contribution in [0, 0.1) is 0 Å². The predicted molar refractivity (Wildman–Crippen MR) is 67.4 cm³/mol. The van der Waals surface area contributed by atoms with Gasteiger partial charge in [0.1, 0.15) is 0 Å². The monoisotopic (exact) mass is 217 g/mol. The predicted octanol–water partition coefficient (Wildman–Crippen LogP) is 2.65. The molecule has 0 heterocycles. The maximum absolute atomic E-state index is 11.0. The first kappa shape index (κ1) is 12.5. The fraction of sp³-hybridized carbons (Fsp3) is 0.357. The molecule has 0 atom stereocenters. The molecule has 2 nitrogen and oxygen atoms in total. The summed E-state index contributed by atoms with van der Waals surface area (Å²) >= 11 is 0. The van der Waals surface area contributed by atoms with E-state index in [0.717, 1.165) is 6.42 Å². The van der Waals surface area contributed by atoms with Crippen LogP contribution >= 0.6 is 0 Å². The van der Waals surface area contributed by atoms with Crippen molar-refractivity contribution in [1.82, 2.24) is 5.32 Å². The largest absolute Gasteiger partial charge is 0.352 e. The maximum atomic E-state index is 11.0. The molecule has 1 aromatic rings. The lowest BCUT2D eigenvalue weighted by Gasteiger charge is -2.12. The summed E-state index contributed by atoms with van der Waals surface area (Å²) in [6.07, 6.45) is 2.17. The van der Waals surface area contributed by atoms with Gasteiger partial charge < -0.3 is 5.32 Å². The van der Waals surface area contributed by atoms with Gasteiger partial charge in [-0.25, -0.2) is 0 Å². The number of benzene rings is 1. The fourth-order valence-electron chi connectivity index (χ4n) is 1.72. The van der Waals surface area contributed by atoms with E-state index in [0.29, 0.717) is 12.5 Å². The topological polar surface area (TPSA) is 29.1 Å². The van der Waals surface area contributed by atoms with Crippen molar-refractivity contribution in [3.8, 4) is 0 Å². The van der Waals surface area contributed by atoms with Gasteiger partial charge in [-0.1, -0.05) is 44.7 Å². The highest BCUT2D eigenvalue weighted by molar-refractivity contribution is 5.86. The van der Waals surface area contributed by atoms with E-state index in [-0.39, 0.29) is 5.91 Å². The van der Waals surface area contributed by atoms with Gasteiger partial charge in [0.2, 0.25) is 5.91 Å². The summed E-state index contributed by atoms with van der Waals surface area (Å²) in [6, 6.07) is 8.36. The van der Waals surface area contributed by atoms with Crippen molar-refractivity contribution in [2.75, 3.05) is 6.54 Å². The molecule has 0 radical (unpaired) electrons. The molecule has 1 N–H and O–H groups in total. The van der Waals surface area contributed by atoms with Crippen LogP contribution in [-0.4, -0.2) is 12.5 Å². The van der Waals surface area contributed by atoms with E-state index in [4.69, 9.17) is 0 Å². The minimum atomic E-state index is -0.109. The Bertz CT molecular complexity index is 369. The molecule has 0 saturated carbocycles. The van der Waals surface area contributed by atoms with Crippen LogP contribution in [0.1, 0.15) is 30.9 Å². The van der Waals surface area contributed by atoms with E-state index in [2.05, 4.69) is 43.9 Å². The Labute approximate surface area is 97.4 Å². The van der Waals surface area contributed by atoms with Gasteiger partial charge in [-0.05, 0) is 29.5 Å². The Morgan fingerprint density at radius 2 is 2.12 bits per heavy atom. The molecule has 1 rings (SSSR count). The normalized spacial score (nSPS) is 10.2. The molecule has 0 bridgehead atoms. The van der Waals surface area contributed by atoms with Gasteiger partial charge in [0.15, 0.2) is 0 Å². The summed E-state index contributed by atoms with van der Waals surface area (Å²) in [7, 11) is 0. The van der Waals surface area contributed by atoms with E-state index >= 15 is 0 Å². The van der Waals surface area contributed by atoms with Crippen LogP contribution in [-0.2, 0) is 11.2 Å². The summed E-state index contributed by atoms with van der Waals surface area (Å²) in [5.74, 6) is 0.410.